The van der Waals surface area contributed by atoms with Gasteiger partial charge < -0.3 is 4.57 Å². The molecule has 0 fully saturated rings. The van der Waals surface area contributed by atoms with E-state index < -0.39 is 0 Å². The summed E-state index contributed by atoms with van der Waals surface area (Å²) in [6.45, 7) is 0. The molecule has 0 aliphatic heterocycles. The molecule has 0 spiro atoms. The molecular weight excluding hydrogens is 370 g/mol. The van der Waals surface area contributed by atoms with Crippen LogP contribution in [0.4, 0.5) is 0 Å². The Hall–Kier alpha value is -2.64. The number of nitrogens with one attached hydrogen (secondary N) is 1. The van der Waals surface area contributed by atoms with Gasteiger partial charge in [0.2, 0.25) is 0 Å². The fourth-order valence-electron chi connectivity index (χ4n) is 2.08. The van der Waals surface area contributed by atoms with Crippen LogP contribution in [-0.2, 0) is 12.8 Å². The Balaban J connectivity index is 1.53. The predicted molar refractivity (Wildman–Crippen MR) is 104 cm³/mol. The molecule has 1 N–H and O–H groups in total. The highest BCUT2D eigenvalue weighted by molar-refractivity contribution is 7.98. The van der Waals surface area contributed by atoms with Crippen LogP contribution >= 0.6 is 23.4 Å². The molecule has 0 unspecified atom stereocenters. The second-order valence-corrected chi connectivity index (χ2v) is 6.84. The van der Waals surface area contributed by atoms with Crippen molar-refractivity contribution in [2.75, 3.05) is 0 Å². The van der Waals surface area contributed by atoms with Crippen LogP contribution in [0.5, 0.6) is 0 Å². The molecule has 132 valence electrons. The molecule has 3 rings (SSSR count). The number of halogens is 1. The Bertz CT molecular complexity index is 906. The van der Waals surface area contributed by atoms with Crippen LogP contribution in [0.2, 0.25) is 5.02 Å². The van der Waals surface area contributed by atoms with E-state index in [9.17, 15) is 4.79 Å². The van der Waals surface area contributed by atoms with E-state index >= 15 is 0 Å². The van der Waals surface area contributed by atoms with Gasteiger partial charge in [-0.2, -0.15) is 5.10 Å². The molecule has 6 nitrogen and oxygen atoms in total. The standard InChI is InChI=1S/C18H16ClN5OS/c1-24-12-21-23-18(24)26-11-14-2-6-15(7-3-14)17(25)22-20-10-13-4-8-16(19)9-5-13/h2-10,12H,11H2,1H3,(H,22,25)/b20-10+. The maximum atomic E-state index is 12.1. The number of hydrazone groups is 1. The lowest BCUT2D eigenvalue weighted by Crippen LogP contribution is -2.17. The van der Waals surface area contributed by atoms with E-state index in [0.717, 1.165) is 22.0 Å². The minimum Gasteiger partial charge on any atom is -0.312 e. The highest BCUT2D eigenvalue weighted by atomic mass is 35.5. The van der Waals surface area contributed by atoms with Gasteiger partial charge in [-0.05, 0) is 35.4 Å². The third-order valence-electron chi connectivity index (χ3n) is 3.50. The summed E-state index contributed by atoms with van der Waals surface area (Å²) in [6.07, 6.45) is 3.24. The van der Waals surface area contributed by atoms with Crippen LogP contribution in [0.3, 0.4) is 0 Å². The third kappa shape index (κ3) is 4.93. The molecular formula is C18H16ClN5OS. The number of benzene rings is 2. The monoisotopic (exact) mass is 385 g/mol. The predicted octanol–water partition coefficient (Wildman–Crippen LogP) is 3.52. The summed E-state index contributed by atoms with van der Waals surface area (Å²) in [5.74, 6) is 0.492. The molecule has 1 amide bonds. The second-order valence-electron chi connectivity index (χ2n) is 5.46. The second kappa shape index (κ2) is 8.64. The first-order chi connectivity index (χ1) is 12.6. The molecule has 0 saturated carbocycles. The third-order valence-corrected chi connectivity index (χ3v) is 4.86. The Morgan fingerprint density at radius 2 is 1.96 bits per heavy atom. The molecule has 1 heterocycles. The number of nitrogens with zero attached hydrogens (tertiary/aromatic N) is 4. The lowest BCUT2D eigenvalue weighted by atomic mass is 10.1. The number of hydrogen-bond acceptors (Lipinski definition) is 5. The molecule has 0 atom stereocenters. The summed E-state index contributed by atoms with van der Waals surface area (Å²) < 4.78 is 1.87. The summed E-state index contributed by atoms with van der Waals surface area (Å²) in [5.41, 5.74) is 5.01. The summed E-state index contributed by atoms with van der Waals surface area (Å²) in [4.78, 5) is 12.1. The van der Waals surface area contributed by atoms with Gasteiger partial charge in [0.25, 0.3) is 5.91 Å². The SMILES string of the molecule is Cn1cnnc1SCc1ccc(C(=O)N/N=C/c2ccc(Cl)cc2)cc1. The largest absolute Gasteiger partial charge is 0.312 e. The molecule has 8 heteroatoms. The van der Waals surface area contributed by atoms with Crippen molar-refractivity contribution in [2.24, 2.45) is 12.1 Å². The van der Waals surface area contributed by atoms with Gasteiger partial charge in [-0.1, -0.05) is 47.6 Å². The zero-order valence-electron chi connectivity index (χ0n) is 14.0. The molecule has 0 aliphatic rings. The fourth-order valence-corrected chi connectivity index (χ4v) is 3.05. The average Bonchev–Trinajstić information content (AvgIpc) is 3.07. The number of carbonyl (C=O) groups is 1. The quantitative estimate of drug-likeness (QED) is 0.400. The highest BCUT2D eigenvalue weighted by Crippen LogP contribution is 2.20. The smallest absolute Gasteiger partial charge is 0.271 e. The first-order valence-electron chi connectivity index (χ1n) is 7.76. The highest BCUT2D eigenvalue weighted by Gasteiger charge is 2.06. The van der Waals surface area contributed by atoms with Crippen LogP contribution in [0, 0.1) is 0 Å². The summed E-state index contributed by atoms with van der Waals surface area (Å²) in [5, 5.41) is 13.3. The van der Waals surface area contributed by atoms with Crippen molar-refractivity contribution in [3.8, 4) is 0 Å². The average molecular weight is 386 g/mol. The van der Waals surface area contributed by atoms with Crippen molar-refractivity contribution in [2.45, 2.75) is 10.9 Å². The normalized spacial score (nSPS) is 11.0. The molecule has 2 aromatic carbocycles. The molecule has 3 aromatic rings. The number of amides is 1. The summed E-state index contributed by atoms with van der Waals surface area (Å²) in [7, 11) is 1.90. The minimum atomic E-state index is -0.261. The van der Waals surface area contributed by atoms with E-state index in [2.05, 4.69) is 20.7 Å². The minimum absolute atomic E-state index is 0.261. The lowest BCUT2D eigenvalue weighted by Gasteiger charge is -2.03. The lowest BCUT2D eigenvalue weighted by molar-refractivity contribution is 0.0955. The fraction of sp³-hybridized carbons (Fsp3) is 0.111. The van der Waals surface area contributed by atoms with Crippen molar-refractivity contribution >= 4 is 35.5 Å². The first kappa shape index (κ1) is 18.2. The van der Waals surface area contributed by atoms with Crippen molar-refractivity contribution < 1.29 is 4.79 Å². The van der Waals surface area contributed by atoms with Crippen molar-refractivity contribution in [1.29, 1.82) is 0 Å². The number of rotatable bonds is 6. The van der Waals surface area contributed by atoms with E-state index in [0.29, 0.717) is 10.6 Å². The maximum absolute atomic E-state index is 12.1. The van der Waals surface area contributed by atoms with Crippen LogP contribution in [0.15, 0.2) is 65.1 Å². The summed E-state index contributed by atoms with van der Waals surface area (Å²) >= 11 is 7.41. The van der Waals surface area contributed by atoms with Gasteiger partial charge in [0, 0.05) is 23.4 Å². The number of thioether (sulfide) groups is 1. The van der Waals surface area contributed by atoms with Crippen LogP contribution in [-0.4, -0.2) is 26.9 Å². The van der Waals surface area contributed by atoms with Gasteiger partial charge in [0.15, 0.2) is 5.16 Å². The van der Waals surface area contributed by atoms with Gasteiger partial charge in [-0.3, -0.25) is 4.79 Å². The van der Waals surface area contributed by atoms with Gasteiger partial charge in [-0.15, -0.1) is 10.2 Å². The van der Waals surface area contributed by atoms with Crippen molar-refractivity contribution in [1.82, 2.24) is 20.2 Å². The molecule has 0 radical (unpaired) electrons. The number of carbonyl (C=O) groups excluding carboxylic acids is 1. The number of aromatic nitrogens is 3. The van der Waals surface area contributed by atoms with E-state index in [-0.39, 0.29) is 5.91 Å². The van der Waals surface area contributed by atoms with E-state index in [1.54, 1.807) is 48.6 Å². The zero-order valence-corrected chi connectivity index (χ0v) is 15.5. The van der Waals surface area contributed by atoms with E-state index in [1.807, 2.05) is 35.9 Å². The Morgan fingerprint density at radius 1 is 1.23 bits per heavy atom. The number of hydrogen-bond donors (Lipinski definition) is 1. The maximum Gasteiger partial charge on any atom is 0.271 e. The van der Waals surface area contributed by atoms with Gasteiger partial charge in [0.05, 0.1) is 6.21 Å². The van der Waals surface area contributed by atoms with Gasteiger partial charge in [-0.25, -0.2) is 5.43 Å². The molecule has 0 saturated heterocycles. The van der Waals surface area contributed by atoms with Gasteiger partial charge >= 0.3 is 0 Å². The van der Waals surface area contributed by atoms with Crippen LogP contribution in [0.1, 0.15) is 21.5 Å². The molecule has 1 aromatic heterocycles. The molecule has 26 heavy (non-hydrogen) atoms. The molecule has 0 bridgehead atoms. The Kier molecular flexibility index (Phi) is 6.04. The van der Waals surface area contributed by atoms with Crippen molar-refractivity contribution in [3.63, 3.8) is 0 Å². The van der Waals surface area contributed by atoms with Crippen LogP contribution in [0.25, 0.3) is 0 Å². The zero-order chi connectivity index (χ0) is 18.4. The first-order valence-corrected chi connectivity index (χ1v) is 9.13. The van der Waals surface area contributed by atoms with Crippen molar-refractivity contribution in [3.05, 3.63) is 76.6 Å². The topological polar surface area (TPSA) is 72.2 Å². The van der Waals surface area contributed by atoms with Gasteiger partial charge in [0.1, 0.15) is 6.33 Å². The van der Waals surface area contributed by atoms with E-state index in [1.165, 1.54) is 0 Å². The summed E-state index contributed by atoms with van der Waals surface area (Å²) in [6, 6.07) is 14.6. The Morgan fingerprint density at radius 3 is 2.62 bits per heavy atom. The van der Waals surface area contributed by atoms with Crippen LogP contribution < -0.4 is 5.43 Å². The Labute approximate surface area is 160 Å². The molecule has 0 aliphatic carbocycles. The van der Waals surface area contributed by atoms with E-state index in [4.69, 9.17) is 11.6 Å². The number of aryl methyl sites for hydroxylation is 1.